The molecule has 0 aromatic heterocycles. The van der Waals surface area contributed by atoms with Crippen LogP contribution in [0.3, 0.4) is 0 Å². The van der Waals surface area contributed by atoms with Crippen molar-refractivity contribution in [3.8, 4) is 0 Å². The number of sulfone groups is 1. The second-order valence-electron chi connectivity index (χ2n) is 4.84. The van der Waals surface area contributed by atoms with Crippen molar-refractivity contribution in [3.05, 3.63) is 42.2 Å². The van der Waals surface area contributed by atoms with Crippen molar-refractivity contribution >= 4 is 15.7 Å². The lowest BCUT2D eigenvalue weighted by Crippen LogP contribution is -2.31. The van der Waals surface area contributed by atoms with Crippen LogP contribution in [0.15, 0.2) is 41.6 Å². The summed E-state index contributed by atoms with van der Waals surface area (Å²) in [6.45, 7) is 3.22. The van der Waals surface area contributed by atoms with Crippen LogP contribution >= 0.6 is 0 Å². The van der Waals surface area contributed by atoms with Crippen LogP contribution in [-0.2, 0) is 14.6 Å². The van der Waals surface area contributed by atoms with E-state index in [2.05, 4.69) is 6.58 Å². The van der Waals surface area contributed by atoms with Gasteiger partial charge in [-0.3, -0.25) is 4.79 Å². The van der Waals surface area contributed by atoms with Gasteiger partial charge in [-0.05, 0) is 11.6 Å². The number of carbonyl (C=O) groups excluding carboxylic acids is 1. The monoisotopic (exact) mass is 281 g/mol. The second kappa shape index (κ2) is 3.90. The Labute approximate surface area is 110 Å². The zero-order valence-corrected chi connectivity index (χ0v) is 10.9. The molecule has 3 rings (SSSR count). The molecule has 2 aliphatic rings. The molecule has 0 bridgehead atoms. The number of halogens is 1. The molecule has 6 heteroatoms. The van der Waals surface area contributed by atoms with E-state index < -0.39 is 26.8 Å². The maximum Gasteiger partial charge on any atom is 0.282 e. The smallest absolute Gasteiger partial charge is 0.282 e. The topological polar surface area (TPSA) is 54.5 Å². The number of fused-ring (bicyclic) bond motifs is 3. The van der Waals surface area contributed by atoms with Gasteiger partial charge in [0.1, 0.15) is 0 Å². The first-order valence-electron chi connectivity index (χ1n) is 5.89. The summed E-state index contributed by atoms with van der Waals surface area (Å²) in [5, 5.41) is -0.659. The van der Waals surface area contributed by atoms with Gasteiger partial charge >= 0.3 is 0 Å². The lowest BCUT2D eigenvalue weighted by atomic mass is 9.99. The molecule has 1 amide bonds. The lowest BCUT2D eigenvalue weighted by Gasteiger charge is -2.16. The highest BCUT2D eigenvalue weighted by Gasteiger charge is 2.51. The van der Waals surface area contributed by atoms with Crippen molar-refractivity contribution in [2.75, 3.05) is 13.1 Å². The first kappa shape index (κ1) is 12.3. The van der Waals surface area contributed by atoms with Crippen LogP contribution in [-0.4, -0.2) is 37.6 Å². The van der Waals surface area contributed by atoms with Gasteiger partial charge in [0, 0.05) is 19.0 Å². The highest BCUT2D eigenvalue weighted by atomic mass is 32.2. The number of benzene rings is 1. The maximum atomic E-state index is 12.9. The Hall–Kier alpha value is -1.69. The van der Waals surface area contributed by atoms with Crippen molar-refractivity contribution in [1.82, 2.24) is 4.90 Å². The highest BCUT2D eigenvalue weighted by Crippen LogP contribution is 2.44. The van der Waals surface area contributed by atoms with E-state index in [9.17, 15) is 17.6 Å². The quantitative estimate of drug-likeness (QED) is 0.728. The van der Waals surface area contributed by atoms with Crippen molar-refractivity contribution in [2.24, 2.45) is 0 Å². The van der Waals surface area contributed by atoms with Crippen LogP contribution in [0.4, 0.5) is 4.39 Å². The molecule has 0 N–H and O–H groups in total. The molecule has 4 nitrogen and oxygen atoms in total. The number of rotatable bonds is 1. The second-order valence-corrected chi connectivity index (χ2v) is 6.98. The predicted molar refractivity (Wildman–Crippen MR) is 67.0 cm³/mol. The summed E-state index contributed by atoms with van der Waals surface area (Å²) in [4.78, 5) is 13.1. The van der Waals surface area contributed by atoms with E-state index in [0.29, 0.717) is 4.90 Å². The molecule has 19 heavy (non-hydrogen) atoms. The van der Waals surface area contributed by atoms with E-state index in [4.69, 9.17) is 0 Å². The summed E-state index contributed by atoms with van der Waals surface area (Å²) < 4.78 is 37.6. The third-order valence-corrected chi connectivity index (χ3v) is 6.07. The molecule has 1 aromatic rings. The van der Waals surface area contributed by atoms with Gasteiger partial charge in [0.25, 0.3) is 5.91 Å². The molecule has 1 fully saturated rings. The summed E-state index contributed by atoms with van der Waals surface area (Å²) in [6.07, 6.45) is 0. The van der Waals surface area contributed by atoms with E-state index in [1.54, 1.807) is 24.3 Å². The Bertz CT molecular complexity index is 683. The van der Waals surface area contributed by atoms with Crippen LogP contribution in [0.25, 0.3) is 0 Å². The van der Waals surface area contributed by atoms with Crippen molar-refractivity contribution in [1.29, 1.82) is 0 Å². The molecule has 0 aliphatic carbocycles. The molecule has 2 heterocycles. The summed E-state index contributed by atoms with van der Waals surface area (Å²) in [5.41, 5.74) is 0.729. The van der Waals surface area contributed by atoms with Crippen LogP contribution in [0, 0.1) is 0 Å². The van der Waals surface area contributed by atoms with E-state index in [1.807, 2.05) is 0 Å². The molecule has 0 spiro atoms. The van der Waals surface area contributed by atoms with Gasteiger partial charge in [0.2, 0.25) is 0 Å². The lowest BCUT2D eigenvalue weighted by molar-refractivity contribution is -0.127. The Morgan fingerprint density at radius 2 is 2.00 bits per heavy atom. The van der Waals surface area contributed by atoms with Crippen molar-refractivity contribution in [2.45, 2.75) is 16.1 Å². The fourth-order valence-electron chi connectivity index (χ4n) is 2.93. The first-order chi connectivity index (χ1) is 8.93. The minimum Gasteiger partial charge on any atom is -0.335 e. The highest BCUT2D eigenvalue weighted by molar-refractivity contribution is 7.92. The molecule has 0 radical (unpaired) electrons. The van der Waals surface area contributed by atoms with Gasteiger partial charge < -0.3 is 4.90 Å². The normalized spacial score (nSPS) is 26.9. The maximum absolute atomic E-state index is 12.9. The number of nitrogens with zero attached hydrogens (tertiary/aromatic N) is 1. The third-order valence-electron chi connectivity index (χ3n) is 3.81. The fourth-order valence-corrected chi connectivity index (χ4v) is 5.12. The molecule has 1 aromatic carbocycles. The van der Waals surface area contributed by atoms with Crippen LogP contribution in [0.5, 0.6) is 0 Å². The van der Waals surface area contributed by atoms with E-state index in [1.165, 1.54) is 4.90 Å². The summed E-state index contributed by atoms with van der Waals surface area (Å²) in [7, 11) is -3.42. The summed E-state index contributed by atoms with van der Waals surface area (Å²) in [5.74, 6) is -2.13. The molecule has 2 aliphatic heterocycles. The molecule has 2 atom stereocenters. The Morgan fingerprint density at radius 3 is 2.68 bits per heavy atom. The molecule has 1 saturated heterocycles. The molecule has 100 valence electrons. The van der Waals surface area contributed by atoms with Gasteiger partial charge in [-0.2, -0.15) is 0 Å². The molecule has 0 saturated carbocycles. The minimum absolute atomic E-state index is 0.0312. The number of carbonyl (C=O) groups is 1. The summed E-state index contributed by atoms with van der Waals surface area (Å²) in [6, 6.07) is 6.80. The standard InChI is InChI=1S/C13H12FNO3S/c1-8(14)13(16)15-6-10-9-4-2-3-5-11(9)19(17,18)12(10)7-15/h2-5,10,12H,1,6-7H2/t10-,12-/m0/s1. The largest absolute Gasteiger partial charge is 0.335 e. The Morgan fingerprint density at radius 1 is 1.32 bits per heavy atom. The van der Waals surface area contributed by atoms with Gasteiger partial charge in [-0.15, -0.1) is 0 Å². The van der Waals surface area contributed by atoms with Crippen LogP contribution < -0.4 is 0 Å². The Kier molecular flexibility index (Phi) is 2.53. The average Bonchev–Trinajstić information content (AvgIpc) is 2.89. The predicted octanol–water partition coefficient (Wildman–Crippen LogP) is 1.25. The number of amides is 1. The molecular formula is C13H12FNO3S. The zero-order chi connectivity index (χ0) is 13.8. The number of hydrogen-bond donors (Lipinski definition) is 0. The fraction of sp³-hybridized carbons (Fsp3) is 0.308. The number of hydrogen-bond acceptors (Lipinski definition) is 3. The van der Waals surface area contributed by atoms with Crippen LogP contribution in [0.1, 0.15) is 11.5 Å². The van der Waals surface area contributed by atoms with Gasteiger partial charge in [0.05, 0.1) is 10.1 Å². The van der Waals surface area contributed by atoms with Crippen molar-refractivity contribution < 1.29 is 17.6 Å². The SMILES string of the molecule is C=C(F)C(=O)N1C[C@H]2c3ccccc3S(=O)(=O)[C@H]2C1. The van der Waals surface area contributed by atoms with Gasteiger partial charge in [0.15, 0.2) is 15.7 Å². The van der Waals surface area contributed by atoms with E-state index >= 15 is 0 Å². The number of likely N-dealkylation sites (tertiary alicyclic amines) is 1. The molecule has 0 unspecified atom stereocenters. The van der Waals surface area contributed by atoms with Crippen LogP contribution in [0.2, 0.25) is 0 Å². The first-order valence-corrected chi connectivity index (χ1v) is 7.44. The zero-order valence-electron chi connectivity index (χ0n) is 10.0. The summed E-state index contributed by atoms with van der Waals surface area (Å²) >= 11 is 0. The van der Waals surface area contributed by atoms with E-state index in [-0.39, 0.29) is 19.0 Å². The average molecular weight is 281 g/mol. The third kappa shape index (κ3) is 1.63. The van der Waals surface area contributed by atoms with E-state index in [0.717, 1.165) is 5.56 Å². The Balaban J connectivity index is 2.02. The van der Waals surface area contributed by atoms with Gasteiger partial charge in [-0.1, -0.05) is 24.8 Å². The minimum atomic E-state index is -3.42. The molecular weight excluding hydrogens is 269 g/mol. The van der Waals surface area contributed by atoms with Gasteiger partial charge in [-0.25, -0.2) is 12.8 Å². The van der Waals surface area contributed by atoms with Crippen molar-refractivity contribution in [3.63, 3.8) is 0 Å².